The van der Waals surface area contributed by atoms with Crippen molar-refractivity contribution in [1.29, 1.82) is 0 Å². The van der Waals surface area contributed by atoms with Crippen LogP contribution in [0, 0.1) is 28.9 Å². The van der Waals surface area contributed by atoms with E-state index in [9.17, 15) is 10.1 Å². The Bertz CT molecular complexity index is 519. The van der Waals surface area contributed by atoms with Crippen LogP contribution >= 0.6 is 0 Å². The summed E-state index contributed by atoms with van der Waals surface area (Å²) in [5, 5.41) is 11.2. The molecule has 2 heterocycles. The van der Waals surface area contributed by atoms with E-state index in [1.165, 1.54) is 0 Å². The minimum atomic E-state index is -0.328. The predicted octanol–water partition coefficient (Wildman–Crippen LogP) is 1.47. The molecule has 1 aliphatic carbocycles. The van der Waals surface area contributed by atoms with E-state index in [4.69, 9.17) is 5.73 Å². The number of aromatic nitrogens is 1. The van der Waals surface area contributed by atoms with Crippen molar-refractivity contribution in [3.8, 4) is 0 Å². The molecule has 1 saturated carbocycles. The van der Waals surface area contributed by atoms with Crippen molar-refractivity contribution in [3.63, 3.8) is 0 Å². The average Bonchev–Trinajstić information content (AvgIpc) is 2.91. The fourth-order valence-electron chi connectivity index (χ4n) is 3.47. The van der Waals surface area contributed by atoms with Crippen LogP contribution in [0.5, 0.6) is 0 Å². The largest absolute Gasteiger partial charge is 0.350 e. The summed E-state index contributed by atoms with van der Waals surface area (Å²) in [6.45, 7) is 3.39. The fraction of sp³-hybridized carbons (Fsp3) is 0.615. The van der Waals surface area contributed by atoms with Crippen LogP contribution < -0.4 is 10.6 Å². The van der Waals surface area contributed by atoms with Gasteiger partial charge in [-0.25, -0.2) is 4.98 Å². The Hall–Kier alpha value is -1.69. The number of aryl methyl sites for hydroxylation is 1. The van der Waals surface area contributed by atoms with Gasteiger partial charge < -0.3 is 10.6 Å². The molecule has 1 aliphatic heterocycles. The molecule has 6 heteroatoms. The number of rotatable bonds is 2. The highest BCUT2D eigenvalue weighted by molar-refractivity contribution is 5.62. The van der Waals surface area contributed by atoms with Gasteiger partial charge in [-0.15, -0.1) is 0 Å². The Morgan fingerprint density at radius 2 is 2.26 bits per heavy atom. The monoisotopic (exact) mass is 262 g/mol. The smallest absolute Gasteiger partial charge is 0.314 e. The maximum Gasteiger partial charge on any atom is 0.314 e. The van der Waals surface area contributed by atoms with Gasteiger partial charge in [-0.05, 0) is 37.7 Å². The zero-order valence-electron chi connectivity index (χ0n) is 11.0. The highest BCUT2D eigenvalue weighted by Gasteiger charge is 2.42. The first kappa shape index (κ1) is 12.3. The molecule has 0 radical (unpaired) electrons. The zero-order chi connectivity index (χ0) is 13.6. The summed E-state index contributed by atoms with van der Waals surface area (Å²) in [4.78, 5) is 17.2. The first-order valence-electron chi connectivity index (χ1n) is 6.68. The zero-order valence-corrected chi connectivity index (χ0v) is 11.0. The van der Waals surface area contributed by atoms with Gasteiger partial charge in [0.05, 0.1) is 4.92 Å². The number of nitrogens with two attached hydrogens (primary N) is 1. The van der Waals surface area contributed by atoms with Gasteiger partial charge in [-0.2, -0.15) is 0 Å². The molecular formula is C13H18N4O2. The number of nitrogens with zero attached hydrogens (tertiary/aromatic N) is 3. The van der Waals surface area contributed by atoms with Crippen molar-refractivity contribution in [3.05, 3.63) is 27.9 Å². The molecule has 2 N–H and O–H groups in total. The number of pyridine rings is 1. The molecule has 0 amide bonds. The lowest BCUT2D eigenvalue weighted by atomic mass is 9.98. The summed E-state index contributed by atoms with van der Waals surface area (Å²) >= 11 is 0. The van der Waals surface area contributed by atoms with E-state index in [1.807, 2.05) is 4.90 Å². The maximum atomic E-state index is 11.2. The predicted molar refractivity (Wildman–Crippen MR) is 72.0 cm³/mol. The molecular weight excluding hydrogens is 244 g/mol. The van der Waals surface area contributed by atoms with E-state index in [0.717, 1.165) is 25.9 Å². The first-order valence-corrected chi connectivity index (χ1v) is 6.68. The van der Waals surface area contributed by atoms with Crippen LogP contribution in [0.4, 0.5) is 11.5 Å². The summed E-state index contributed by atoms with van der Waals surface area (Å²) in [6.07, 6.45) is 3.85. The van der Waals surface area contributed by atoms with Gasteiger partial charge in [-0.3, -0.25) is 10.1 Å². The molecule has 1 aromatic heterocycles. The summed E-state index contributed by atoms with van der Waals surface area (Å²) in [6, 6.07) is 1.92. The Morgan fingerprint density at radius 3 is 2.95 bits per heavy atom. The Balaban J connectivity index is 1.92. The molecule has 102 valence electrons. The second kappa shape index (κ2) is 4.45. The van der Waals surface area contributed by atoms with Crippen molar-refractivity contribution >= 4 is 11.5 Å². The number of hydrogen-bond acceptors (Lipinski definition) is 5. The highest BCUT2D eigenvalue weighted by atomic mass is 16.6. The fourth-order valence-corrected chi connectivity index (χ4v) is 3.47. The topological polar surface area (TPSA) is 85.3 Å². The standard InChI is InChI=1S/C13H18N4O2/c1-8-4-5-15-13(12(8)17(18)19)16-6-9-2-3-11(14)10(9)7-16/h4-5,9-11H,2-3,6-7,14H2,1H3. The number of anilines is 1. The van der Waals surface area contributed by atoms with Crippen LogP contribution in [-0.2, 0) is 0 Å². The Morgan fingerprint density at radius 1 is 1.47 bits per heavy atom. The van der Waals surface area contributed by atoms with Gasteiger partial charge in [0, 0.05) is 30.9 Å². The van der Waals surface area contributed by atoms with Crippen molar-refractivity contribution < 1.29 is 4.92 Å². The normalized spacial score (nSPS) is 29.6. The van der Waals surface area contributed by atoms with E-state index in [2.05, 4.69) is 4.98 Å². The number of nitro groups is 1. The summed E-state index contributed by atoms with van der Waals surface area (Å²) in [7, 11) is 0. The lowest BCUT2D eigenvalue weighted by Gasteiger charge is -2.19. The van der Waals surface area contributed by atoms with E-state index in [-0.39, 0.29) is 16.7 Å². The number of fused-ring (bicyclic) bond motifs is 1. The highest BCUT2D eigenvalue weighted by Crippen LogP contribution is 2.41. The van der Waals surface area contributed by atoms with Gasteiger partial charge in [0.2, 0.25) is 5.82 Å². The lowest BCUT2D eigenvalue weighted by molar-refractivity contribution is -0.384. The molecule has 0 aromatic carbocycles. The summed E-state index contributed by atoms with van der Waals surface area (Å²) in [5.74, 6) is 1.53. The van der Waals surface area contributed by atoms with Crippen LogP contribution in [-0.4, -0.2) is 29.0 Å². The van der Waals surface area contributed by atoms with Crippen molar-refractivity contribution in [2.24, 2.45) is 17.6 Å². The van der Waals surface area contributed by atoms with Crippen LogP contribution in [0.15, 0.2) is 12.3 Å². The van der Waals surface area contributed by atoms with Crippen LogP contribution in [0.2, 0.25) is 0 Å². The molecule has 3 atom stereocenters. The molecule has 0 bridgehead atoms. The van der Waals surface area contributed by atoms with Gasteiger partial charge in [-0.1, -0.05) is 0 Å². The molecule has 0 spiro atoms. The van der Waals surface area contributed by atoms with Gasteiger partial charge >= 0.3 is 5.69 Å². The average molecular weight is 262 g/mol. The molecule has 1 saturated heterocycles. The van der Waals surface area contributed by atoms with Gasteiger partial charge in [0.1, 0.15) is 0 Å². The van der Waals surface area contributed by atoms with E-state index < -0.39 is 0 Å². The van der Waals surface area contributed by atoms with Gasteiger partial charge in [0.15, 0.2) is 0 Å². The van der Waals surface area contributed by atoms with Crippen LogP contribution in [0.25, 0.3) is 0 Å². The van der Waals surface area contributed by atoms with E-state index in [1.54, 1.807) is 19.2 Å². The molecule has 3 rings (SSSR count). The number of hydrogen-bond donors (Lipinski definition) is 1. The molecule has 19 heavy (non-hydrogen) atoms. The molecule has 2 fully saturated rings. The first-order chi connectivity index (χ1) is 9.08. The lowest BCUT2D eigenvalue weighted by Crippen LogP contribution is -2.30. The molecule has 6 nitrogen and oxygen atoms in total. The van der Waals surface area contributed by atoms with E-state index >= 15 is 0 Å². The quantitative estimate of drug-likeness (QED) is 0.644. The third-order valence-corrected chi connectivity index (χ3v) is 4.50. The van der Waals surface area contributed by atoms with Crippen LogP contribution in [0.3, 0.4) is 0 Å². The van der Waals surface area contributed by atoms with Crippen molar-refractivity contribution in [1.82, 2.24) is 4.98 Å². The van der Waals surface area contributed by atoms with E-state index in [0.29, 0.717) is 23.2 Å². The van der Waals surface area contributed by atoms with Gasteiger partial charge in [0.25, 0.3) is 0 Å². The van der Waals surface area contributed by atoms with Crippen molar-refractivity contribution in [2.45, 2.75) is 25.8 Å². The summed E-state index contributed by atoms with van der Waals surface area (Å²) in [5.41, 5.74) is 6.91. The minimum Gasteiger partial charge on any atom is -0.350 e. The molecule has 1 aromatic rings. The Labute approximate surface area is 111 Å². The SMILES string of the molecule is Cc1ccnc(N2CC3CCC(N)C3C2)c1[N+](=O)[O-]. The Kier molecular flexibility index (Phi) is 2.89. The van der Waals surface area contributed by atoms with Crippen molar-refractivity contribution in [2.75, 3.05) is 18.0 Å². The third-order valence-electron chi connectivity index (χ3n) is 4.50. The maximum absolute atomic E-state index is 11.2. The van der Waals surface area contributed by atoms with Crippen LogP contribution in [0.1, 0.15) is 18.4 Å². The summed E-state index contributed by atoms with van der Waals surface area (Å²) < 4.78 is 0. The molecule has 2 aliphatic rings. The second-order valence-electron chi connectivity index (χ2n) is 5.63. The second-order valence-corrected chi connectivity index (χ2v) is 5.63. The minimum absolute atomic E-state index is 0.135. The third kappa shape index (κ3) is 1.96. The molecule has 3 unspecified atom stereocenters.